The van der Waals surface area contributed by atoms with Gasteiger partial charge in [0.15, 0.2) is 11.5 Å². The zero-order valence-corrected chi connectivity index (χ0v) is 16.6. The third-order valence-corrected chi connectivity index (χ3v) is 6.17. The molecule has 1 saturated carbocycles. The van der Waals surface area contributed by atoms with Gasteiger partial charge in [0.25, 0.3) is 11.4 Å². The van der Waals surface area contributed by atoms with Crippen LogP contribution in [0.4, 0.5) is 0 Å². The molecule has 3 rings (SSSR count). The highest BCUT2D eigenvalue weighted by Gasteiger charge is 2.44. The molecule has 0 bridgehead atoms. The maximum atomic E-state index is 11.7. The first-order valence-electron chi connectivity index (χ1n) is 9.95. The van der Waals surface area contributed by atoms with Gasteiger partial charge < -0.3 is 14.3 Å². The summed E-state index contributed by atoms with van der Waals surface area (Å²) in [5.74, 6) is 0.985. The summed E-state index contributed by atoms with van der Waals surface area (Å²) in [5, 5.41) is 8.86. The van der Waals surface area contributed by atoms with Crippen molar-refractivity contribution < 1.29 is 19.5 Å². The summed E-state index contributed by atoms with van der Waals surface area (Å²) in [6.07, 6.45) is 5.95. The average molecular weight is 387 g/mol. The number of hydroxylamine groups is 1. The second-order valence-electron chi connectivity index (χ2n) is 7.72. The van der Waals surface area contributed by atoms with Crippen molar-refractivity contribution in [2.45, 2.75) is 63.1 Å². The van der Waals surface area contributed by atoms with E-state index in [2.05, 4.69) is 4.85 Å². The second kappa shape index (κ2) is 8.80. The molecule has 152 valence electrons. The summed E-state index contributed by atoms with van der Waals surface area (Å²) in [6.45, 7) is 10.9. The summed E-state index contributed by atoms with van der Waals surface area (Å²) >= 11 is 0. The van der Waals surface area contributed by atoms with Gasteiger partial charge >= 0.3 is 0 Å². The van der Waals surface area contributed by atoms with Gasteiger partial charge in [0.2, 0.25) is 0 Å². The monoisotopic (exact) mass is 387 g/mol. The van der Waals surface area contributed by atoms with Crippen LogP contribution in [0.15, 0.2) is 18.2 Å². The van der Waals surface area contributed by atoms with Gasteiger partial charge in [-0.05, 0) is 50.8 Å². The zero-order chi connectivity index (χ0) is 20.1. The molecule has 1 heterocycles. The molecule has 7 nitrogen and oxygen atoms in total. The Bertz CT molecular complexity index is 732. The number of rotatable bonds is 6. The molecule has 2 fully saturated rings. The van der Waals surface area contributed by atoms with Crippen molar-refractivity contribution in [3.63, 3.8) is 0 Å². The Hall–Kier alpha value is -2.30. The molecule has 0 radical (unpaired) electrons. The highest BCUT2D eigenvalue weighted by atomic mass is 16.5. The SMILES string of the molecule is [C-]#[N+]C1(c2ccc(OC)c(OC3CCCC3)c2)CCN(C(C)C(=O)NO)CC1. The molecule has 1 aromatic carbocycles. The van der Waals surface area contributed by atoms with Crippen LogP contribution in [0.2, 0.25) is 0 Å². The molecule has 28 heavy (non-hydrogen) atoms. The Morgan fingerprint density at radius 3 is 2.57 bits per heavy atom. The van der Waals surface area contributed by atoms with Gasteiger partial charge in [-0.25, -0.2) is 12.1 Å². The van der Waals surface area contributed by atoms with E-state index >= 15 is 0 Å². The minimum atomic E-state index is -0.633. The van der Waals surface area contributed by atoms with Crippen LogP contribution in [0, 0.1) is 6.57 Å². The first-order chi connectivity index (χ1) is 13.5. The molecule has 2 aliphatic rings. The largest absolute Gasteiger partial charge is 0.493 e. The minimum Gasteiger partial charge on any atom is -0.493 e. The van der Waals surface area contributed by atoms with Gasteiger partial charge in [-0.1, -0.05) is 0 Å². The zero-order valence-electron chi connectivity index (χ0n) is 16.6. The first-order valence-corrected chi connectivity index (χ1v) is 9.95. The summed E-state index contributed by atoms with van der Waals surface area (Å²) < 4.78 is 11.7. The number of nitrogens with zero attached hydrogens (tertiary/aromatic N) is 2. The summed E-state index contributed by atoms with van der Waals surface area (Å²) in [6, 6.07) is 5.39. The van der Waals surface area contributed by atoms with Gasteiger partial charge in [-0.15, -0.1) is 0 Å². The molecule has 0 spiro atoms. The number of nitrogens with one attached hydrogen (secondary N) is 1. The van der Waals surface area contributed by atoms with E-state index < -0.39 is 17.5 Å². The Morgan fingerprint density at radius 2 is 2.00 bits per heavy atom. The van der Waals surface area contributed by atoms with Crippen molar-refractivity contribution in [2.75, 3.05) is 20.2 Å². The fraction of sp³-hybridized carbons (Fsp3) is 0.619. The Kier molecular flexibility index (Phi) is 6.42. The Morgan fingerprint density at radius 1 is 1.32 bits per heavy atom. The number of ether oxygens (including phenoxy) is 2. The summed E-state index contributed by atoms with van der Waals surface area (Å²) in [4.78, 5) is 17.7. The second-order valence-corrected chi connectivity index (χ2v) is 7.72. The van der Waals surface area contributed by atoms with E-state index in [-0.39, 0.29) is 6.10 Å². The molecule has 1 aliphatic heterocycles. The molecule has 1 atom stereocenters. The average Bonchev–Trinajstić information content (AvgIpc) is 3.25. The van der Waals surface area contributed by atoms with E-state index in [0.717, 1.165) is 18.4 Å². The fourth-order valence-electron chi connectivity index (χ4n) is 4.25. The highest BCUT2D eigenvalue weighted by molar-refractivity contribution is 5.80. The molecule has 7 heteroatoms. The van der Waals surface area contributed by atoms with Crippen LogP contribution >= 0.6 is 0 Å². The van der Waals surface area contributed by atoms with Crippen molar-refractivity contribution in [2.24, 2.45) is 0 Å². The van der Waals surface area contributed by atoms with Gasteiger partial charge in [0.05, 0.1) is 19.3 Å². The molecular formula is C21H29N3O4. The van der Waals surface area contributed by atoms with Crippen molar-refractivity contribution >= 4 is 5.91 Å². The number of methoxy groups -OCH3 is 1. The number of likely N-dealkylation sites (tertiary alicyclic amines) is 1. The Balaban J connectivity index is 1.79. The number of piperidine rings is 1. The van der Waals surface area contributed by atoms with Crippen LogP contribution in [0.25, 0.3) is 4.85 Å². The van der Waals surface area contributed by atoms with Crippen LogP contribution in [0.5, 0.6) is 11.5 Å². The van der Waals surface area contributed by atoms with Gasteiger partial charge in [-0.2, -0.15) is 0 Å². The number of carbonyl (C=O) groups excluding carboxylic acids is 1. The normalized spacial score (nSPS) is 20.9. The molecule has 2 N–H and O–H groups in total. The number of carbonyl (C=O) groups is 1. The molecule has 1 aliphatic carbocycles. The summed E-state index contributed by atoms with van der Waals surface area (Å²) in [7, 11) is 1.63. The van der Waals surface area contributed by atoms with E-state index in [9.17, 15) is 4.79 Å². The third kappa shape index (κ3) is 4.08. The topological polar surface area (TPSA) is 75.4 Å². The van der Waals surface area contributed by atoms with E-state index in [4.69, 9.17) is 21.3 Å². The van der Waals surface area contributed by atoms with Gasteiger partial charge in [0.1, 0.15) is 0 Å². The van der Waals surface area contributed by atoms with Crippen LogP contribution in [-0.2, 0) is 10.3 Å². The van der Waals surface area contributed by atoms with Crippen molar-refractivity contribution in [1.29, 1.82) is 0 Å². The van der Waals surface area contributed by atoms with E-state index in [1.54, 1.807) is 19.5 Å². The van der Waals surface area contributed by atoms with Crippen LogP contribution < -0.4 is 15.0 Å². The fourth-order valence-corrected chi connectivity index (χ4v) is 4.25. The van der Waals surface area contributed by atoms with E-state index in [0.29, 0.717) is 37.4 Å². The smallest absolute Gasteiger partial charge is 0.260 e. The Labute approximate surface area is 166 Å². The third-order valence-electron chi connectivity index (χ3n) is 6.17. The maximum Gasteiger partial charge on any atom is 0.260 e. The summed E-state index contributed by atoms with van der Waals surface area (Å²) in [5.41, 5.74) is 2.02. The van der Waals surface area contributed by atoms with Gasteiger partial charge in [0, 0.05) is 31.5 Å². The lowest BCUT2D eigenvalue weighted by Gasteiger charge is -2.36. The first kappa shape index (κ1) is 20.4. The van der Waals surface area contributed by atoms with Crippen molar-refractivity contribution in [3.05, 3.63) is 35.2 Å². The van der Waals surface area contributed by atoms with Crippen LogP contribution in [0.1, 0.15) is 51.0 Å². The molecule has 1 amide bonds. The molecule has 0 aromatic heterocycles. The quantitative estimate of drug-likeness (QED) is 0.446. The number of hydrogen-bond donors (Lipinski definition) is 2. The molecule has 1 aromatic rings. The number of amides is 1. The molecule has 1 saturated heterocycles. The van der Waals surface area contributed by atoms with Crippen molar-refractivity contribution in [3.8, 4) is 11.5 Å². The molecule has 1 unspecified atom stereocenters. The van der Waals surface area contributed by atoms with Crippen LogP contribution in [0.3, 0.4) is 0 Å². The predicted molar refractivity (Wildman–Crippen MR) is 104 cm³/mol. The lowest BCUT2D eigenvalue weighted by molar-refractivity contribution is -0.134. The maximum absolute atomic E-state index is 11.7. The predicted octanol–water partition coefficient (Wildman–Crippen LogP) is 3.12. The van der Waals surface area contributed by atoms with Crippen LogP contribution in [-0.4, -0.2) is 48.4 Å². The number of benzene rings is 1. The van der Waals surface area contributed by atoms with E-state index in [1.165, 1.54) is 12.8 Å². The highest BCUT2D eigenvalue weighted by Crippen LogP contribution is 2.42. The number of hydrogen-bond acceptors (Lipinski definition) is 5. The minimum absolute atomic E-state index is 0.215. The lowest BCUT2D eigenvalue weighted by Crippen LogP contribution is -2.50. The van der Waals surface area contributed by atoms with Crippen molar-refractivity contribution in [1.82, 2.24) is 10.4 Å². The van der Waals surface area contributed by atoms with Gasteiger partial charge in [-0.3, -0.25) is 14.9 Å². The molecular weight excluding hydrogens is 358 g/mol. The standard InChI is InChI=1S/C21H29N3O4/c1-15(20(25)23-26)24-12-10-21(22-2,11-13-24)16-8-9-18(27-3)19(14-16)28-17-6-4-5-7-17/h8-9,14-15,17,26H,4-7,10-13H2,1,3H3,(H,23,25). The van der Waals surface area contributed by atoms with E-state index in [1.807, 2.05) is 23.1 Å². The lowest BCUT2D eigenvalue weighted by atomic mass is 9.81.